The smallest absolute Gasteiger partial charge is 0.340 e. The number of allylic oxidation sites excluding steroid dienone is 2. The lowest BCUT2D eigenvalue weighted by atomic mass is 10.0. The van der Waals surface area contributed by atoms with Gasteiger partial charge in [-0.05, 0) is 6.08 Å². The first kappa shape index (κ1) is 13.9. The summed E-state index contributed by atoms with van der Waals surface area (Å²) in [5.74, 6) is -1.13. The van der Waals surface area contributed by atoms with Crippen LogP contribution in [-0.4, -0.2) is 54.0 Å². The first-order valence-electron chi connectivity index (χ1n) is 6.32. The van der Waals surface area contributed by atoms with Crippen molar-refractivity contribution in [1.29, 1.82) is 0 Å². The number of hydrogen-bond donors (Lipinski definition) is 0. The molecule has 0 aromatic heterocycles. The van der Waals surface area contributed by atoms with Crippen molar-refractivity contribution in [3.8, 4) is 0 Å². The number of hydrogen-bond acceptors (Lipinski definition) is 7. The maximum atomic E-state index is 12.3. The normalized spacial score (nSPS) is 26.5. The van der Waals surface area contributed by atoms with Crippen molar-refractivity contribution in [1.82, 2.24) is 4.90 Å². The first-order chi connectivity index (χ1) is 10.1. The second-order valence-corrected chi connectivity index (χ2v) is 5.79. The van der Waals surface area contributed by atoms with E-state index in [0.717, 1.165) is 0 Å². The van der Waals surface area contributed by atoms with E-state index in [9.17, 15) is 14.4 Å². The van der Waals surface area contributed by atoms with E-state index >= 15 is 0 Å². The summed E-state index contributed by atoms with van der Waals surface area (Å²) in [5.41, 5.74) is 0.745. The van der Waals surface area contributed by atoms with Crippen LogP contribution in [0.5, 0.6) is 0 Å². The Hall–Kier alpha value is -2.02. The molecule has 0 bridgehead atoms. The summed E-state index contributed by atoms with van der Waals surface area (Å²) in [5, 5.41) is -0.0745. The zero-order chi connectivity index (χ0) is 15.1. The third-order valence-electron chi connectivity index (χ3n) is 3.66. The number of thioether (sulfide) groups is 1. The van der Waals surface area contributed by atoms with Crippen LogP contribution in [0.25, 0.3) is 0 Å². The molecule has 2 atom stereocenters. The summed E-state index contributed by atoms with van der Waals surface area (Å²) < 4.78 is 9.54. The third kappa shape index (κ3) is 1.91. The van der Waals surface area contributed by atoms with Gasteiger partial charge in [-0.1, -0.05) is 12.2 Å². The zero-order valence-corrected chi connectivity index (χ0v) is 12.3. The molecule has 0 N–H and O–H groups in total. The molecule has 0 saturated carbocycles. The maximum absolute atomic E-state index is 12.3. The molecule has 1 saturated heterocycles. The lowest BCUT2D eigenvalue weighted by Crippen LogP contribution is -2.49. The summed E-state index contributed by atoms with van der Waals surface area (Å²) >= 11 is 1.46. The van der Waals surface area contributed by atoms with Gasteiger partial charge < -0.3 is 14.4 Å². The molecule has 1 fully saturated rings. The summed E-state index contributed by atoms with van der Waals surface area (Å²) in [7, 11) is 2.47. The molecule has 3 aliphatic heterocycles. The Bertz CT molecular complexity index is 633. The zero-order valence-electron chi connectivity index (χ0n) is 11.5. The number of carbonyl (C=O) groups is 3. The molecule has 0 aliphatic carbocycles. The molecule has 3 heterocycles. The number of ether oxygens (including phenoxy) is 2. The number of esters is 2. The number of nitrogens with zero attached hydrogens (tertiary/aromatic N) is 1. The van der Waals surface area contributed by atoms with Gasteiger partial charge in [-0.3, -0.25) is 4.79 Å². The van der Waals surface area contributed by atoms with Crippen molar-refractivity contribution in [2.24, 2.45) is 0 Å². The number of methoxy groups -OCH3 is 2. The molecule has 0 radical (unpaired) electrons. The van der Waals surface area contributed by atoms with E-state index in [4.69, 9.17) is 9.47 Å². The van der Waals surface area contributed by atoms with Crippen molar-refractivity contribution < 1.29 is 23.9 Å². The van der Waals surface area contributed by atoms with Gasteiger partial charge >= 0.3 is 11.9 Å². The van der Waals surface area contributed by atoms with Crippen LogP contribution in [0.3, 0.4) is 0 Å². The van der Waals surface area contributed by atoms with Crippen molar-refractivity contribution in [2.75, 3.05) is 20.0 Å². The van der Waals surface area contributed by atoms with Crippen LogP contribution < -0.4 is 0 Å². The quantitative estimate of drug-likeness (QED) is 0.684. The van der Waals surface area contributed by atoms with Crippen LogP contribution in [0, 0.1) is 0 Å². The second kappa shape index (κ2) is 5.07. The number of Topliss-reactive ketones (excluding diaryl/α,β-unsaturated/α-hetero) is 1. The molecule has 0 aromatic carbocycles. The van der Waals surface area contributed by atoms with Gasteiger partial charge in [0.05, 0.1) is 42.2 Å². The molecule has 0 amide bonds. The van der Waals surface area contributed by atoms with Crippen LogP contribution in [0.1, 0.15) is 0 Å². The summed E-state index contributed by atoms with van der Waals surface area (Å²) in [4.78, 5) is 38.3. The van der Waals surface area contributed by atoms with Gasteiger partial charge in [-0.15, -0.1) is 11.8 Å². The molecule has 0 spiro atoms. The average Bonchev–Trinajstić information content (AvgIpc) is 2.86. The SMILES string of the molecule is COC(=O)C1=C(C(=O)OC)C2C(=O)CSC3C=CC=C1N32. The van der Waals surface area contributed by atoms with Crippen LogP contribution in [0.2, 0.25) is 0 Å². The topological polar surface area (TPSA) is 72.9 Å². The highest BCUT2D eigenvalue weighted by Gasteiger charge is 2.51. The fraction of sp³-hybridized carbons (Fsp3) is 0.357. The summed E-state index contributed by atoms with van der Waals surface area (Å²) in [6.07, 6.45) is 5.47. The van der Waals surface area contributed by atoms with Crippen LogP contribution >= 0.6 is 11.8 Å². The van der Waals surface area contributed by atoms with Crippen molar-refractivity contribution in [2.45, 2.75) is 11.4 Å². The monoisotopic (exact) mass is 307 g/mol. The minimum absolute atomic E-state index is 0.0745. The number of rotatable bonds is 2. The molecule has 6 nitrogen and oxygen atoms in total. The molecule has 3 aliphatic rings. The fourth-order valence-electron chi connectivity index (χ4n) is 2.81. The first-order valence-corrected chi connectivity index (χ1v) is 7.37. The summed E-state index contributed by atoms with van der Waals surface area (Å²) in [6, 6.07) is -0.769. The van der Waals surface area contributed by atoms with Crippen molar-refractivity contribution >= 4 is 29.5 Å². The second-order valence-electron chi connectivity index (χ2n) is 4.69. The lowest BCUT2D eigenvalue weighted by Gasteiger charge is -2.39. The number of carbonyl (C=O) groups excluding carboxylic acids is 3. The minimum Gasteiger partial charge on any atom is -0.466 e. The molecule has 7 heteroatoms. The van der Waals surface area contributed by atoms with E-state index in [1.165, 1.54) is 26.0 Å². The highest BCUT2D eigenvalue weighted by atomic mass is 32.2. The van der Waals surface area contributed by atoms with Crippen LogP contribution in [0.4, 0.5) is 0 Å². The molecule has 110 valence electrons. The van der Waals surface area contributed by atoms with E-state index in [1.807, 2.05) is 12.2 Å². The average molecular weight is 307 g/mol. The van der Waals surface area contributed by atoms with Gasteiger partial charge in [0.15, 0.2) is 5.78 Å². The minimum atomic E-state index is -0.769. The third-order valence-corrected chi connectivity index (χ3v) is 4.83. The standard InChI is InChI=1S/C14H13NO5S/c1-19-13(17)10-7-4-3-5-9-15(7)12(8(16)6-21-9)11(10)14(18)20-2/h3-5,9,12H,6H2,1-2H3. The van der Waals surface area contributed by atoms with E-state index in [0.29, 0.717) is 11.4 Å². The van der Waals surface area contributed by atoms with Gasteiger partial charge in [-0.2, -0.15) is 0 Å². The van der Waals surface area contributed by atoms with Crippen LogP contribution in [0.15, 0.2) is 35.1 Å². The lowest BCUT2D eigenvalue weighted by molar-refractivity contribution is -0.139. The Morgan fingerprint density at radius 2 is 2.00 bits per heavy atom. The van der Waals surface area contributed by atoms with E-state index in [1.54, 1.807) is 11.0 Å². The van der Waals surface area contributed by atoms with E-state index in [2.05, 4.69) is 0 Å². The van der Waals surface area contributed by atoms with E-state index in [-0.39, 0.29) is 22.3 Å². The Morgan fingerprint density at radius 3 is 2.67 bits per heavy atom. The molecular formula is C14H13NO5S. The van der Waals surface area contributed by atoms with Gasteiger partial charge in [0.1, 0.15) is 6.04 Å². The highest BCUT2D eigenvalue weighted by molar-refractivity contribution is 8.00. The van der Waals surface area contributed by atoms with Gasteiger partial charge in [0.25, 0.3) is 0 Å². The van der Waals surface area contributed by atoms with Crippen molar-refractivity contribution in [3.05, 3.63) is 35.1 Å². The Morgan fingerprint density at radius 1 is 1.29 bits per heavy atom. The molecule has 21 heavy (non-hydrogen) atoms. The Balaban J connectivity index is 2.21. The predicted octanol–water partition coefficient (Wildman–Crippen LogP) is 0.409. The highest BCUT2D eigenvalue weighted by Crippen LogP contribution is 2.44. The summed E-state index contributed by atoms with van der Waals surface area (Å²) in [6.45, 7) is 0. The Labute approximate surface area is 125 Å². The largest absolute Gasteiger partial charge is 0.466 e. The fourth-order valence-corrected chi connectivity index (χ4v) is 3.90. The van der Waals surface area contributed by atoms with E-state index < -0.39 is 18.0 Å². The van der Waals surface area contributed by atoms with Gasteiger partial charge in [0, 0.05) is 0 Å². The number of ketones is 1. The van der Waals surface area contributed by atoms with Gasteiger partial charge in [-0.25, -0.2) is 9.59 Å². The predicted molar refractivity (Wildman–Crippen MR) is 75.2 cm³/mol. The maximum Gasteiger partial charge on any atom is 0.340 e. The van der Waals surface area contributed by atoms with Crippen molar-refractivity contribution in [3.63, 3.8) is 0 Å². The molecule has 2 unspecified atom stereocenters. The molecular weight excluding hydrogens is 294 g/mol. The Kier molecular flexibility index (Phi) is 3.36. The molecule has 3 rings (SSSR count). The molecule has 0 aromatic rings. The van der Waals surface area contributed by atoms with Gasteiger partial charge in [0.2, 0.25) is 0 Å². The van der Waals surface area contributed by atoms with Crippen LogP contribution in [-0.2, 0) is 23.9 Å².